The first kappa shape index (κ1) is 11.4. The molecular weight excluding hydrogens is 324 g/mol. The van der Waals surface area contributed by atoms with Crippen LogP contribution in [0.25, 0.3) is 0 Å². The van der Waals surface area contributed by atoms with Crippen molar-refractivity contribution in [2.24, 2.45) is 5.41 Å². The molecular formula is C10H12Br2N2O. The molecule has 0 spiro atoms. The van der Waals surface area contributed by atoms with Crippen molar-refractivity contribution < 1.29 is 5.11 Å². The molecule has 15 heavy (non-hydrogen) atoms. The highest BCUT2D eigenvalue weighted by Crippen LogP contribution is 2.45. The highest BCUT2D eigenvalue weighted by molar-refractivity contribution is 9.11. The molecule has 3 nitrogen and oxygen atoms in total. The highest BCUT2D eigenvalue weighted by Gasteiger charge is 2.41. The average Bonchev–Trinajstić information content (AvgIpc) is 2.97. The number of nitrogens with one attached hydrogen (secondary N) is 1. The van der Waals surface area contributed by atoms with E-state index in [2.05, 4.69) is 42.2 Å². The molecule has 0 aromatic carbocycles. The summed E-state index contributed by atoms with van der Waals surface area (Å²) in [7, 11) is 0. The number of halogens is 2. The van der Waals surface area contributed by atoms with Crippen molar-refractivity contribution in [1.82, 2.24) is 4.98 Å². The fourth-order valence-electron chi connectivity index (χ4n) is 1.38. The van der Waals surface area contributed by atoms with Gasteiger partial charge in [-0.1, -0.05) is 0 Å². The second-order valence-corrected chi connectivity index (χ2v) is 5.77. The molecule has 82 valence electrons. The van der Waals surface area contributed by atoms with Gasteiger partial charge in [-0.05, 0) is 50.8 Å². The number of nitrogens with zero attached hydrogens (tertiary/aromatic N) is 1. The standard InChI is InChI=1S/C10H12Br2N2O/c11-7-3-8(12)9(13-4-7)14-5-10(6-15)1-2-10/h3-4,15H,1-2,5-6H2,(H,13,14). The van der Waals surface area contributed by atoms with Gasteiger partial charge in [0.25, 0.3) is 0 Å². The van der Waals surface area contributed by atoms with E-state index in [4.69, 9.17) is 5.11 Å². The molecule has 1 fully saturated rings. The smallest absolute Gasteiger partial charge is 0.140 e. The first-order chi connectivity index (χ1) is 7.15. The zero-order chi connectivity index (χ0) is 10.9. The summed E-state index contributed by atoms with van der Waals surface area (Å²) in [6.07, 6.45) is 3.96. The van der Waals surface area contributed by atoms with Gasteiger partial charge in [0.1, 0.15) is 5.82 Å². The number of pyridine rings is 1. The van der Waals surface area contributed by atoms with E-state index in [-0.39, 0.29) is 12.0 Å². The molecule has 0 aliphatic heterocycles. The summed E-state index contributed by atoms with van der Waals surface area (Å²) in [6.45, 7) is 1.05. The van der Waals surface area contributed by atoms with Gasteiger partial charge in [0.15, 0.2) is 0 Å². The van der Waals surface area contributed by atoms with Crippen LogP contribution in [0.5, 0.6) is 0 Å². The van der Waals surface area contributed by atoms with E-state index in [1.807, 2.05) is 6.07 Å². The predicted octanol–water partition coefficient (Wildman–Crippen LogP) is 2.79. The third-order valence-corrected chi connectivity index (χ3v) is 3.77. The average molecular weight is 336 g/mol. The largest absolute Gasteiger partial charge is 0.396 e. The van der Waals surface area contributed by atoms with Gasteiger partial charge in [0.05, 0.1) is 11.1 Å². The first-order valence-electron chi connectivity index (χ1n) is 4.81. The maximum absolute atomic E-state index is 9.17. The number of aliphatic hydroxyl groups is 1. The van der Waals surface area contributed by atoms with E-state index >= 15 is 0 Å². The van der Waals surface area contributed by atoms with Crippen LogP contribution >= 0.6 is 31.9 Å². The maximum Gasteiger partial charge on any atom is 0.140 e. The van der Waals surface area contributed by atoms with Crippen LogP contribution in [0.15, 0.2) is 21.2 Å². The molecule has 0 unspecified atom stereocenters. The van der Waals surface area contributed by atoms with E-state index in [1.54, 1.807) is 6.20 Å². The minimum atomic E-state index is 0.105. The quantitative estimate of drug-likeness (QED) is 0.889. The van der Waals surface area contributed by atoms with Crippen LogP contribution in [0.1, 0.15) is 12.8 Å². The third kappa shape index (κ3) is 2.71. The Kier molecular flexibility index (Phi) is 3.33. The molecule has 5 heteroatoms. The lowest BCUT2D eigenvalue weighted by Gasteiger charge is -2.14. The molecule has 1 saturated carbocycles. The van der Waals surface area contributed by atoms with Gasteiger partial charge >= 0.3 is 0 Å². The minimum absolute atomic E-state index is 0.105. The predicted molar refractivity (Wildman–Crippen MR) is 66.9 cm³/mol. The van der Waals surface area contributed by atoms with Crippen LogP contribution in [0.2, 0.25) is 0 Å². The number of aromatic nitrogens is 1. The fourth-order valence-corrected chi connectivity index (χ4v) is 2.51. The molecule has 0 saturated heterocycles. The maximum atomic E-state index is 9.17. The molecule has 2 rings (SSSR count). The normalized spacial score (nSPS) is 17.5. The third-order valence-electron chi connectivity index (χ3n) is 2.73. The number of rotatable bonds is 4. The van der Waals surface area contributed by atoms with Gasteiger partial charge in [0, 0.05) is 22.6 Å². The van der Waals surface area contributed by atoms with E-state index in [0.29, 0.717) is 0 Å². The van der Waals surface area contributed by atoms with Crippen LogP contribution in [-0.4, -0.2) is 23.2 Å². The van der Waals surface area contributed by atoms with Gasteiger partial charge in [-0.15, -0.1) is 0 Å². The van der Waals surface area contributed by atoms with Gasteiger partial charge in [-0.3, -0.25) is 0 Å². The van der Waals surface area contributed by atoms with E-state index in [0.717, 1.165) is 34.1 Å². The number of hydrogen-bond acceptors (Lipinski definition) is 3. The van der Waals surface area contributed by atoms with Crippen molar-refractivity contribution >= 4 is 37.7 Å². The van der Waals surface area contributed by atoms with Crippen molar-refractivity contribution in [2.45, 2.75) is 12.8 Å². The zero-order valence-electron chi connectivity index (χ0n) is 8.13. The number of anilines is 1. The molecule has 2 N–H and O–H groups in total. The lowest BCUT2D eigenvalue weighted by molar-refractivity contribution is 0.219. The molecule has 1 aliphatic carbocycles. The molecule has 0 amide bonds. The fraction of sp³-hybridized carbons (Fsp3) is 0.500. The van der Waals surface area contributed by atoms with Gasteiger partial charge in [0.2, 0.25) is 0 Å². The molecule has 0 atom stereocenters. The van der Waals surface area contributed by atoms with E-state index < -0.39 is 0 Å². The Morgan fingerprint density at radius 2 is 2.20 bits per heavy atom. The van der Waals surface area contributed by atoms with Gasteiger partial charge in [-0.2, -0.15) is 0 Å². The molecule has 0 radical (unpaired) electrons. The Morgan fingerprint density at radius 3 is 2.73 bits per heavy atom. The summed E-state index contributed by atoms with van der Waals surface area (Å²) in [6, 6.07) is 1.95. The Labute approximate surface area is 106 Å². The van der Waals surface area contributed by atoms with Crippen LogP contribution in [0.3, 0.4) is 0 Å². The van der Waals surface area contributed by atoms with Crippen LogP contribution in [0, 0.1) is 5.41 Å². The molecule has 1 aromatic rings. The SMILES string of the molecule is OCC1(CNc2ncc(Br)cc2Br)CC1. The summed E-state index contributed by atoms with van der Waals surface area (Å²) in [5.41, 5.74) is 0.105. The lowest BCUT2D eigenvalue weighted by atomic mass is 10.1. The summed E-state index contributed by atoms with van der Waals surface area (Å²) >= 11 is 6.79. The molecule has 1 heterocycles. The Bertz CT molecular complexity index is 366. The second-order valence-electron chi connectivity index (χ2n) is 4.00. The van der Waals surface area contributed by atoms with Gasteiger partial charge < -0.3 is 10.4 Å². The highest BCUT2D eigenvalue weighted by atomic mass is 79.9. The Balaban J connectivity index is 1.99. The minimum Gasteiger partial charge on any atom is -0.396 e. The van der Waals surface area contributed by atoms with Crippen LogP contribution in [-0.2, 0) is 0 Å². The van der Waals surface area contributed by atoms with Crippen molar-refractivity contribution in [3.63, 3.8) is 0 Å². The summed E-state index contributed by atoms with van der Waals surface area (Å²) in [5.74, 6) is 0.831. The number of aliphatic hydroxyl groups excluding tert-OH is 1. The van der Waals surface area contributed by atoms with E-state index in [1.165, 1.54) is 0 Å². The van der Waals surface area contributed by atoms with Crippen LogP contribution in [0.4, 0.5) is 5.82 Å². The van der Waals surface area contributed by atoms with Crippen LogP contribution < -0.4 is 5.32 Å². The summed E-state index contributed by atoms with van der Waals surface area (Å²) in [5, 5.41) is 12.4. The van der Waals surface area contributed by atoms with Crippen molar-refractivity contribution in [3.05, 3.63) is 21.2 Å². The molecule has 0 bridgehead atoms. The first-order valence-corrected chi connectivity index (χ1v) is 6.40. The van der Waals surface area contributed by atoms with Crippen molar-refractivity contribution in [3.8, 4) is 0 Å². The van der Waals surface area contributed by atoms with Crippen molar-refractivity contribution in [2.75, 3.05) is 18.5 Å². The summed E-state index contributed by atoms with van der Waals surface area (Å²) in [4.78, 5) is 4.26. The Morgan fingerprint density at radius 1 is 1.47 bits per heavy atom. The summed E-state index contributed by atoms with van der Waals surface area (Å²) < 4.78 is 1.88. The van der Waals surface area contributed by atoms with Crippen molar-refractivity contribution in [1.29, 1.82) is 0 Å². The van der Waals surface area contributed by atoms with Gasteiger partial charge in [-0.25, -0.2) is 4.98 Å². The van der Waals surface area contributed by atoms with E-state index in [9.17, 15) is 0 Å². The monoisotopic (exact) mass is 334 g/mol. The Hall–Kier alpha value is -0.130. The number of hydrogen-bond donors (Lipinski definition) is 2. The lowest BCUT2D eigenvalue weighted by Crippen LogP contribution is -2.19. The molecule has 1 aliphatic rings. The second kappa shape index (κ2) is 4.39. The zero-order valence-corrected chi connectivity index (χ0v) is 11.3. The topological polar surface area (TPSA) is 45.1 Å². The molecule has 1 aromatic heterocycles.